The number of nitrogens with zero attached hydrogens (tertiary/aromatic N) is 3. The van der Waals surface area contributed by atoms with Gasteiger partial charge in [-0.3, -0.25) is 0 Å². The summed E-state index contributed by atoms with van der Waals surface area (Å²) in [6, 6.07) is 11.2. The maximum absolute atomic E-state index is 14.9. The smallest absolute Gasteiger partial charge is 0.339 e. The molecule has 0 spiro atoms. The Morgan fingerprint density at radius 2 is 1.80 bits per heavy atom. The van der Waals surface area contributed by atoms with Crippen LogP contribution >= 0.6 is 0 Å². The van der Waals surface area contributed by atoms with Gasteiger partial charge in [0, 0.05) is 40.9 Å². The Labute approximate surface area is 233 Å². The van der Waals surface area contributed by atoms with Gasteiger partial charge in [-0.25, -0.2) is 13.6 Å². The molecule has 0 aliphatic carbocycles. The van der Waals surface area contributed by atoms with Crippen molar-refractivity contribution in [2.75, 3.05) is 14.2 Å². The summed E-state index contributed by atoms with van der Waals surface area (Å²) < 4.78 is 46.9. The lowest BCUT2D eigenvalue weighted by Gasteiger charge is -2.29. The number of fused-ring (bicyclic) bond motifs is 1. The second kappa shape index (κ2) is 10.6. The number of carboxylic acid groups (broad SMARTS) is 1. The highest BCUT2D eigenvalue weighted by molar-refractivity contribution is 6.04. The van der Waals surface area contributed by atoms with E-state index >= 15 is 0 Å². The standard InChI is InChI=1S/C30H27F2N3O6/c1-30(2,10-9-25-33-15-34-41-25)28-26(16-5-7-19(29(37)38)23(11-16)39-3)27-21(12-17(31)13-22(27)36)35(28)18-6-8-20(32)24(14-18)40-4/h5-8,11-15,36H,9-10H2,1-4H3,(H,37,38). The molecule has 5 rings (SSSR count). The zero-order valence-corrected chi connectivity index (χ0v) is 22.7. The van der Waals surface area contributed by atoms with Crippen molar-refractivity contribution in [3.63, 3.8) is 0 Å². The molecule has 0 saturated carbocycles. The number of halogens is 2. The molecule has 0 unspecified atom stereocenters. The summed E-state index contributed by atoms with van der Waals surface area (Å²) in [5, 5.41) is 24.8. The number of carboxylic acids is 1. The van der Waals surface area contributed by atoms with Gasteiger partial charge in [0.15, 0.2) is 17.9 Å². The highest BCUT2D eigenvalue weighted by atomic mass is 19.1. The zero-order chi connectivity index (χ0) is 29.5. The van der Waals surface area contributed by atoms with Crippen molar-refractivity contribution in [2.45, 2.75) is 32.1 Å². The van der Waals surface area contributed by atoms with Crippen LogP contribution in [0.1, 0.15) is 42.2 Å². The van der Waals surface area contributed by atoms with E-state index in [4.69, 9.17) is 14.0 Å². The highest BCUT2D eigenvalue weighted by Gasteiger charge is 2.34. The first-order chi connectivity index (χ1) is 19.6. The maximum Gasteiger partial charge on any atom is 0.339 e. The summed E-state index contributed by atoms with van der Waals surface area (Å²) in [5.41, 5.74) is 1.68. The van der Waals surface area contributed by atoms with Crippen molar-refractivity contribution < 1.29 is 37.8 Å². The highest BCUT2D eigenvalue weighted by Crippen LogP contribution is 2.48. The van der Waals surface area contributed by atoms with Gasteiger partial charge in [-0.05, 0) is 42.3 Å². The average Bonchev–Trinajstić information content (AvgIpc) is 3.58. The molecule has 0 saturated heterocycles. The van der Waals surface area contributed by atoms with E-state index in [0.717, 1.165) is 6.07 Å². The van der Waals surface area contributed by atoms with Crippen molar-refractivity contribution in [1.29, 1.82) is 0 Å². The number of aryl methyl sites for hydroxylation is 1. The number of aromatic hydroxyl groups is 1. The topological polar surface area (TPSA) is 120 Å². The van der Waals surface area contributed by atoms with Crippen molar-refractivity contribution in [3.05, 3.63) is 83.6 Å². The lowest BCUT2D eigenvalue weighted by molar-refractivity contribution is 0.0693. The first-order valence-corrected chi connectivity index (χ1v) is 12.6. The third kappa shape index (κ3) is 4.94. The van der Waals surface area contributed by atoms with Gasteiger partial charge in [-0.15, -0.1) is 0 Å². The predicted molar refractivity (Wildman–Crippen MR) is 146 cm³/mol. The number of phenols is 1. The molecule has 3 aromatic carbocycles. The fourth-order valence-electron chi connectivity index (χ4n) is 5.21. The molecule has 0 amide bonds. The summed E-state index contributed by atoms with van der Waals surface area (Å²) in [6.07, 6.45) is 2.19. The van der Waals surface area contributed by atoms with E-state index in [1.54, 1.807) is 16.7 Å². The fourth-order valence-corrected chi connectivity index (χ4v) is 5.21. The lowest BCUT2D eigenvalue weighted by atomic mass is 9.80. The maximum atomic E-state index is 14.9. The minimum absolute atomic E-state index is 0.0198. The van der Waals surface area contributed by atoms with Crippen LogP contribution in [0.25, 0.3) is 27.7 Å². The number of hydrogen-bond acceptors (Lipinski definition) is 7. The van der Waals surface area contributed by atoms with Crippen LogP contribution in [0.5, 0.6) is 17.2 Å². The third-order valence-corrected chi connectivity index (χ3v) is 7.14. The van der Waals surface area contributed by atoms with Crippen LogP contribution in [0.15, 0.2) is 59.4 Å². The number of rotatable bonds is 9. The molecule has 0 bridgehead atoms. The van der Waals surface area contributed by atoms with Gasteiger partial charge in [0.25, 0.3) is 0 Å². The number of hydrogen-bond donors (Lipinski definition) is 2. The van der Waals surface area contributed by atoms with Gasteiger partial charge < -0.3 is 28.8 Å². The van der Waals surface area contributed by atoms with Crippen LogP contribution in [0, 0.1) is 11.6 Å². The molecule has 0 radical (unpaired) electrons. The van der Waals surface area contributed by atoms with Crippen molar-refractivity contribution in [2.24, 2.45) is 0 Å². The van der Waals surface area contributed by atoms with Crippen molar-refractivity contribution in [1.82, 2.24) is 14.7 Å². The molecule has 2 heterocycles. The minimum Gasteiger partial charge on any atom is -0.507 e. The van der Waals surface area contributed by atoms with E-state index < -0.39 is 23.0 Å². The Balaban J connectivity index is 1.89. The molecule has 11 heteroatoms. The molecular weight excluding hydrogens is 536 g/mol. The minimum atomic E-state index is -1.17. The number of aromatic nitrogens is 3. The molecule has 5 aromatic rings. The Morgan fingerprint density at radius 3 is 2.46 bits per heavy atom. The van der Waals surface area contributed by atoms with Crippen LogP contribution in [0.4, 0.5) is 8.78 Å². The summed E-state index contributed by atoms with van der Waals surface area (Å²) in [7, 11) is 2.71. The van der Waals surface area contributed by atoms with E-state index in [0.29, 0.717) is 52.1 Å². The molecule has 0 aliphatic rings. The molecule has 212 valence electrons. The largest absolute Gasteiger partial charge is 0.507 e. The first kappa shape index (κ1) is 27.6. The van der Waals surface area contributed by atoms with Crippen LogP contribution in [-0.4, -0.2) is 45.1 Å². The molecule has 9 nitrogen and oxygen atoms in total. The van der Waals surface area contributed by atoms with Gasteiger partial charge in [-0.1, -0.05) is 25.1 Å². The van der Waals surface area contributed by atoms with E-state index in [1.165, 1.54) is 50.9 Å². The Kier molecular flexibility index (Phi) is 7.12. The van der Waals surface area contributed by atoms with Crippen molar-refractivity contribution in [3.8, 4) is 34.1 Å². The van der Waals surface area contributed by atoms with E-state index in [2.05, 4.69) is 10.1 Å². The summed E-state index contributed by atoms with van der Waals surface area (Å²) >= 11 is 0. The van der Waals surface area contributed by atoms with Crippen LogP contribution in [0.3, 0.4) is 0 Å². The third-order valence-electron chi connectivity index (χ3n) is 7.14. The van der Waals surface area contributed by atoms with Gasteiger partial charge in [-0.2, -0.15) is 4.98 Å². The van der Waals surface area contributed by atoms with Crippen LogP contribution in [-0.2, 0) is 11.8 Å². The normalized spacial score (nSPS) is 11.7. The Hall–Kier alpha value is -4.93. The first-order valence-electron chi connectivity index (χ1n) is 12.6. The molecule has 0 atom stereocenters. The van der Waals surface area contributed by atoms with E-state index in [9.17, 15) is 23.8 Å². The molecule has 0 fully saturated rings. The number of methoxy groups -OCH3 is 2. The molecule has 2 aromatic heterocycles. The number of carbonyl (C=O) groups is 1. The summed E-state index contributed by atoms with van der Waals surface area (Å²) in [4.78, 5) is 15.9. The number of benzene rings is 3. The van der Waals surface area contributed by atoms with Gasteiger partial charge >= 0.3 is 5.97 Å². The number of ether oxygens (including phenoxy) is 2. The lowest BCUT2D eigenvalue weighted by Crippen LogP contribution is -2.23. The van der Waals surface area contributed by atoms with Crippen molar-refractivity contribution >= 4 is 16.9 Å². The molecule has 2 N–H and O–H groups in total. The Bertz CT molecular complexity index is 1760. The quantitative estimate of drug-likeness (QED) is 0.215. The Morgan fingerprint density at radius 1 is 1.05 bits per heavy atom. The van der Waals surface area contributed by atoms with Crippen LogP contribution in [0.2, 0.25) is 0 Å². The van der Waals surface area contributed by atoms with E-state index in [1.807, 2.05) is 13.8 Å². The second-order valence-electron chi connectivity index (χ2n) is 10.1. The zero-order valence-electron chi connectivity index (χ0n) is 22.7. The monoisotopic (exact) mass is 563 g/mol. The fraction of sp³-hybridized carbons (Fsp3) is 0.233. The van der Waals surface area contributed by atoms with Gasteiger partial charge in [0.1, 0.15) is 22.9 Å². The molecule has 0 aliphatic heterocycles. The number of aromatic carboxylic acids is 1. The van der Waals surface area contributed by atoms with Gasteiger partial charge in [0.05, 0.1) is 25.1 Å². The van der Waals surface area contributed by atoms with Crippen LogP contribution < -0.4 is 9.47 Å². The predicted octanol–water partition coefficient (Wildman–Crippen LogP) is 6.29. The summed E-state index contributed by atoms with van der Waals surface area (Å²) in [6.45, 7) is 3.93. The second-order valence-corrected chi connectivity index (χ2v) is 10.1. The average molecular weight is 564 g/mol. The SMILES string of the molecule is COc1cc(-n2c(C(C)(C)CCc3ncno3)c(-c3ccc(C(=O)O)c(OC)c3)c3c(O)cc(F)cc32)ccc1F. The molecular formula is C30H27F2N3O6. The molecule has 41 heavy (non-hydrogen) atoms. The summed E-state index contributed by atoms with van der Waals surface area (Å²) in [5.74, 6) is -2.23. The van der Waals surface area contributed by atoms with Gasteiger partial charge in [0.2, 0.25) is 5.89 Å². The number of phenolic OH excluding ortho intramolecular Hbond substituents is 1. The van der Waals surface area contributed by atoms with E-state index in [-0.39, 0.29) is 22.8 Å².